The highest BCUT2D eigenvalue weighted by Crippen LogP contribution is 2.25. The van der Waals surface area contributed by atoms with E-state index in [4.69, 9.17) is 11.6 Å². The smallest absolute Gasteiger partial charge is 0.244 e. The van der Waals surface area contributed by atoms with Crippen molar-refractivity contribution in [3.63, 3.8) is 0 Å². The number of nitrogens with zero attached hydrogens (tertiary/aromatic N) is 1. The predicted molar refractivity (Wildman–Crippen MR) is 79.5 cm³/mol. The molecule has 1 aliphatic heterocycles. The van der Waals surface area contributed by atoms with E-state index >= 15 is 0 Å². The fourth-order valence-corrected chi connectivity index (χ4v) is 4.38. The molecule has 1 aliphatic rings. The molecule has 1 fully saturated rings. The van der Waals surface area contributed by atoms with Crippen molar-refractivity contribution in [2.45, 2.75) is 30.8 Å². The summed E-state index contributed by atoms with van der Waals surface area (Å²) in [7, 11) is -3.50. The molecule has 0 bridgehead atoms. The highest BCUT2D eigenvalue weighted by Gasteiger charge is 2.32. The van der Waals surface area contributed by atoms with Crippen LogP contribution < -0.4 is 5.32 Å². The van der Waals surface area contributed by atoms with Crippen LogP contribution in [0, 0.1) is 0 Å². The van der Waals surface area contributed by atoms with E-state index in [2.05, 4.69) is 5.32 Å². The summed E-state index contributed by atoms with van der Waals surface area (Å²) in [6.45, 7) is 4.89. The normalized spacial score (nSPS) is 24.8. The topological polar surface area (TPSA) is 49.4 Å². The molecule has 0 aliphatic carbocycles. The highest BCUT2D eigenvalue weighted by atomic mass is 35.5. The zero-order chi connectivity index (χ0) is 13.3. The molecule has 0 spiro atoms. The lowest BCUT2D eigenvalue weighted by atomic mass is 10.2. The van der Waals surface area contributed by atoms with E-state index in [1.165, 1.54) is 4.31 Å². The van der Waals surface area contributed by atoms with Crippen molar-refractivity contribution < 1.29 is 8.42 Å². The summed E-state index contributed by atoms with van der Waals surface area (Å²) in [6.07, 6.45) is 0. The molecule has 1 N–H and O–H groups in total. The van der Waals surface area contributed by atoms with Crippen molar-refractivity contribution in [1.29, 1.82) is 0 Å². The van der Waals surface area contributed by atoms with Crippen LogP contribution in [-0.2, 0) is 10.0 Å². The van der Waals surface area contributed by atoms with Crippen LogP contribution in [0.4, 0.5) is 0 Å². The monoisotopic (exact) mass is 324 g/mol. The van der Waals surface area contributed by atoms with Gasteiger partial charge in [0.15, 0.2) is 0 Å². The summed E-state index contributed by atoms with van der Waals surface area (Å²) >= 11 is 5.98. The number of sulfonamides is 1. The van der Waals surface area contributed by atoms with E-state index in [0.29, 0.717) is 13.1 Å². The van der Waals surface area contributed by atoms with Crippen LogP contribution in [-0.4, -0.2) is 37.9 Å². The summed E-state index contributed by atoms with van der Waals surface area (Å²) in [6, 6.07) is 6.86. The van der Waals surface area contributed by atoms with E-state index in [-0.39, 0.29) is 34.4 Å². The molecule has 0 amide bonds. The fourth-order valence-electron chi connectivity index (χ4n) is 2.27. The number of hydrogen-bond acceptors (Lipinski definition) is 3. The zero-order valence-corrected chi connectivity index (χ0v) is 13.2. The Morgan fingerprint density at radius 2 is 1.74 bits per heavy atom. The second-order valence-electron chi connectivity index (χ2n) is 4.72. The Morgan fingerprint density at radius 3 is 2.26 bits per heavy atom. The molecular formula is C12H18Cl2N2O2S. The summed E-state index contributed by atoms with van der Waals surface area (Å²) in [5.41, 5.74) is 0. The molecule has 4 nitrogen and oxygen atoms in total. The lowest BCUT2D eigenvalue weighted by Gasteiger charge is -2.35. The van der Waals surface area contributed by atoms with E-state index < -0.39 is 10.0 Å². The Labute approximate surface area is 125 Å². The van der Waals surface area contributed by atoms with E-state index in [0.717, 1.165) is 0 Å². The van der Waals surface area contributed by atoms with Crippen LogP contribution >= 0.6 is 24.0 Å². The van der Waals surface area contributed by atoms with E-state index in [1.807, 2.05) is 13.8 Å². The third kappa shape index (κ3) is 3.61. The summed E-state index contributed by atoms with van der Waals surface area (Å²) < 4.78 is 26.5. The van der Waals surface area contributed by atoms with Gasteiger partial charge in [-0.2, -0.15) is 4.31 Å². The minimum atomic E-state index is -3.50. The number of benzene rings is 1. The van der Waals surface area contributed by atoms with Crippen molar-refractivity contribution in [1.82, 2.24) is 9.62 Å². The lowest BCUT2D eigenvalue weighted by molar-refractivity contribution is 0.263. The largest absolute Gasteiger partial charge is 0.309 e. The first-order chi connectivity index (χ1) is 8.41. The number of hydrogen-bond donors (Lipinski definition) is 1. The van der Waals surface area contributed by atoms with Gasteiger partial charge in [-0.05, 0) is 26.0 Å². The number of nitrogens with one attached hydrogen (secondary N) is 1. The van der Waals surface area contributed by atoms with Gasteiger partial charge in [-0.3, -0.25) is 0 Å². The van der Waals surface area contributed by atoms with Crippen LogP contribution in [0.1, 0.15) is 13.8 Å². The van der Waals surface area contributed by atoms with Gasteiger partial charge >= 0.3 is 0 Å². The quantitative estimate of drug-likeness (QED) is 0.906. The fraction of sp³-hybridized carbons (Fsp3) is 0.500. The SMILES string of the molecule is CC1CN(S(=O)(=O)c2ccccc2Cl)CC(C)N1.Cl. The molecule has 0 radical (unpaired) electrons. The summed E-state index contributed by atoms with van der Waals surface area (Å²) in [5.74, 6) is 0. The van der Waals surface area contributed by atoms with Gasteiger partial charge in [0.1, 0.15) is 4.90 Å². The Bertz CT molecular complexity index is 526. The molecule has 2 unspecified atom stereocenters. The first kappa shape index (κ1) is 16.7. The Hall–Kier alpha value is -0.330. The molecule has 2 atom stereocenters. The van der Waals surface area contributed by atoms with Crippen LogP contribution in [0.15, 0.2) is 29.2 Å². The van der Waals surface area contributed by atoms with Gasteiger partial charge in [-0.25, -0.2) is 8.42 Å². The third-order valence-corrected chi connectivity index (χ3v) is 5.31. The maximum atomic E-state index is 12.5. The van der Waals surface area contributed by atoms with Crippen molar-refractivity contribution in [3.05, 3.63) is 29.3 Å². The molecule has 0 aromatic heterocycles. The molecular weight excluding hydrogens is 307 g/mol. The number of halogens is 2. The van der Waals surface area contributed by atoms with Crippen LogP contribution in [0.5, 0.6) is 0 Å². The molecule has 1 heterocycles. The highest BCUT2D eigenvalue weighted by molar-refractivity contribution is 7.89. The van der Waals surface area contributed by atoms with Gasteiger partial charge in [0.05, 0.1) is 5.02 Å². The van der Waals surface area contributed by atoms with Gasteiger partial charge in [0, 0.05) is 25.2 Å². The Kier molecular flexibility index (Phi) is 5.65. The Morgan fingerprint density at radius 1 is 1.21 bits per heavy atom. The standard InChI is InChI=1S/C12H17ClN2O2S.ClH/c1-9-7-15(8-10(2)14-9)18(16,17)12-6-4-3-5-11(12)13;/h3-6,9-10,14H,7-8H2,1-2H3;1H. The predicted octanol–water partition coefficient (Wildman–Crippen LogP) is 2.13. The van der Waals surface area contributed by atoms with Gasteiger partial charge in [-0.15, -0.1) is 12.4 Å². The first-order valence-corrected chi connectivity index (χ1v) is 7.74. The maximum absolute atomic E-state index is 12.5. The third-order valence-electron chi connectivity index (χ3n) is 2.98. The van der Waals surface area contributed by atoms with Crippen molar-refractivity contribution in [2.75, 3.05) is 13.1 Å². The minimum Gasteiger partial charge on any atom is -0.309 e. The van der Waals surface area contributed by atoms with Crippen molar-refractivity contribution in [2.24, 2.45) is 0 Å². The molecule has 19 heavy (non-hydrogen) atoms. The number of rotatable bonds is 2. The average molecular weight is 325 g/mol. The second-order valence-corrected chi connectivity index (χ2v) is 7.03. The van der Waals surface area contributed by atoms with Crippen LogP contribution in [0.3, 0.4) is 0 Å². The van der Waals surface area contributed by atoms with Crippen molar-refractivity contribution in [3.8, 4) is 0 Å². The maximum Gasteiger partial charge on any atom is 0.244 e. The molecule has 7 heteroatoms. The minimum absolute atomic E-state index is 0. The molecule has 1 aromatic carbocycles. The molecule has 1 aromatic rings. The van der Waals surface area contributed by atoms with Crippen LogP contribution in [0.2, 0.25) is 5.02 Å². The lowest BCUT2D eigenvalue weighted by Crippen LogP contribution is -2.55. The molecule has 108 valence electrons. The Balaban J connectivity index is 0.00000180. The molecule has 0 saturated carbocycles. The van der Waals surface area contributed by atoms with E-state index in [9.17, 15) is 8.42 Å². The summed E-state index contributed by atoms with van der Waals surface area (Å²) in [5, 5.41) is 3.58. The number of piperazine rings is 1. The second kappa shape index (κ2) is 6.41. The zero-order valence-electron chi connectivity index (χ0n) is 10.8. The molecule has 2 rings (SSSR count). The molecule has 1 saturated heterocycles. The summed E-state index contributed by atoms with van der Waals surface area (Å²) in [4.78, 5) is 0.188. The van der Waals surface area contributed by atoms with Gasteiger partial charge < -0.3 is 5.32 Å². The van der Waals surface area contributed by atoms with Gasteiger partial charge in [-0.1, -0.05) is 23.7 Å². The van der Waals surface area contributed by atoms with Crippen molar-refractivity contribution >= 4 is 34.0 Å². The van der Waals surface area contributed by atoms with Gasteiger partial charge in [0.25, 0.3) is 0 Å². The first-order valence-electron chi connectivity index (χ1n) is 5.92. The van der Waals surface area contributed by atoms with Crippen LogP contribution in [0.25, 0.3) is 0 Å². The van der Waals surface area contributed by atoms with E-state index in [1.54, 1.807) is 24.3 Å². The van der Waals surface area contributed by atoms with Gasteiger partial charge in [0.2, 0.25) is 10.0 Å². The average Bonchev–Trinajstić information content (AvgIpc) is 2.28.